The molecule has 0 radical (unpaired) electrons. The van der Waals surface area contributed by atoms with E-state index in [9.17, 15) is 15.0 Å². The van der Waals surface area contributed by atoms with Gasteiger partial charge >= 0.3 is 0 Å². The van der Waals surface area contributed by atoms with Crippen LogP contribution in [0.3, 0.4) is 0 Å². The Morgan fingerprint density at radius 1 is 1.02 bits per heavy atom. The van der Waals surface area contributed by atoms with Gasteiger partial charge in [0.1, 0.15) is 12.2 Å². The lowest BCUT2D eigenvalue weighted by Crippen LogP contribution is -2.42. The van der Waals surface area contributed by atoms with Crippen LogP contribution in [0.15, 0.2) is 72.1 Å². The molecular weight excluding hydrogens is 578 g/mol. The molecule has 2 fully saturated rings. The number of fused-ring (bicyclic) bond motifs is 1. The summed E-state index contributed by atoms with van der Waals surface area (Å²) in [6.45, 7) is 2.71. The summed E-state index contributed by atoms with van der Waals surface area (Å²) in [5.74, 6) is 0.130. The molecule has 1 saturated carbocycles. The second-order valence-corrected chi connectivity index (χ2v) is 12.7. The summed E-state index contributed by atoms with van der Waals surface area (Å²) in [4.78, 5) is 27.0. The summed E-state index contributed by atoms with van der Waals surface area (Å²) >= 11 is 1.61. The number of rotatable bonds is 10. The first-order chi connectivity index (χ1) is 21.4. The van der Waals surface area contributed by atoms with E-state index in [0.29, 0.717) is 40.5 Å². The maximum Gasteiger partial charge on any atom is 0.252 e. The molecule has 0 bridgehead atoms. The monoisotopic (exact) mass is 617 g/mol. The van der Waals surface area contributed by atoms with E-state index in [0.717, 1.165) is 25.7 Å². The number of likely N-dealkylation sites (N-methyl/N-ethyl adjacent to an activating group) is 1. The summed E-state index contributed by atoms with van der Waals surface area (Å²) in [7, 11) is 0. The normalized spacial score (nSPS) is 25.4. The minimum Gasteiger partial charge on any atom is -0.387 e. The fourth-order valence-corrected chi connectivity index (χ4v) is 7.08. The number of amides is 1. The molecule has 6 N–H and O–H groups in total. The molecule has 1 aliphatic carbocycles. The van der Waals surface area contributed by atoms with Gasteiger partial charge in [0.05, 0.1) is 6.33 Å². The van der Waals surface area contributed by atoms with E-state index < -0.39 is 30.4 Å². The molecule has 1 aliphatic heterocycles. The SMILES string of the molecule is CCNC(=O)[C@H]1O[C@@H](n2cnc3c(NCC(c4ccccc4)c4ccccc4)nc(SC4CCC(N)CC4)nc32)[C@H](O)[C@@H]1O. The number of anilines is 1. The molecule has 2 aromatic heterocycles. The minimum absolute atomic E-state index is 0.0495. The van der Waals surface area contributed by atoms with Gasteiger partial charge < -0.3 is 31.3 Å². The van der Waals surface area contributed by atoms with Crippen molar-refractivity contribution < 1.29 is 19.7 Å². The van der Waals surface area contributed by atoms with Crippen molar-refractivity contribution in [1.82, 2.24) is 24.8 Å². The van der Waals surface area contributed by atoms with Crippen molar-refractivity contribution in [3.05, 3.63) is 78.1 Å². The van der Waals surface area contributed by atoms with E-state index in [1.165, 1.54) is 17.5 Å². The van der Waals surface area contributed by atoms with Gasteiger partial charge in [0.2, 0.25) is 0 Å². The molecule has 11 nitrogen and oxygen atoms in total. The summed E-state index contributed by atoms with van der Waals surface area (Å²) in [5, 5.41) is 28.7. The molecule has 2 aliphatic rings. The van der Waals surface area contributed by atoms with Gasteiger partial charge in [0.15, 0.2) is 34.5 Å². The van der Waals surface area contributed by atoms with Crippen molar-refractivity contribution in [3.8, 4) is 0 Å². The third kappa shape index (κ3) is 6.45. The number of imidazole rings is 1. The van der Waals surface area contributed by atoms with E-state index in [2.05, 4.69) is 39.9 Å². The van der Waals surface area contributed by atoms with Gasteiger partial charge in [0, 0.05) is 30.3 Å². The lowest BCUT2D eigenvalue weighted by Gasteiger charge is -2.25. The molecule has 1 saturated heterocycles. The number of nitrogens with two attached hydrogens (primary N) is 1. The van der Waals surface area contributed by atoms with Crippen LogP contribution in [0.4, 0.5) is 5.82 Å². The van der Waals surface area contributed by atoms with E-state index in [4.69, 9.17) is 20.4 Å². The van der Waals surface area contributed by atoms with Crippen molar-refractivity contribution >= 4 is 34.7 Å². The van der Waals surface area contributed by atoms with Crippen LogP contribution in [0.2, 0.25) is 0 Å². The number of carbonyl (C=O) groups is 1. The Morgan fingerprint density at radius 3 is 2.32 bits per heavy atom. The number of aliphatic hydroxyl groups is 2. The number of hydrogen-bond donors (Lipinski definition) is 5. The van der Waals surface area contributed by atoms with Gasteiger partial charge in [-0.25, -0.2) is 15.0 Å². The minimum atomic E-state index is -1.40. The Bertz CT molecular complexity index is 1510. The van der Waals surface area contributed by atoms with E-state index in [1.54, 1.807) is 23.3 Å². The van der Waals surface area contributed by atoms with Crippen LogP contribution in [0.25, 0.3) is 11.2 Å². The quantitative estimate of drug-likeness (QED) is 0.167. The van der Waals surface area contributed by atoms with Crippen LogP contribution in [0.1, 0.15) is 55.9 Å². The summed E-state index contributed by atoms with van der Waals surface area (Å²) < 4.78 is 7.50. The first-order valence-electron chi connectivity index (χ1n) is 15.2. The van der Waals surface area contributed by atoms with Gasteiger partial charge in [-0.2, -0.15) is 0 Å². The second-order valence-electron chi connectivity index (χ2n) is 11.4. The lowest BCUT2D eigenvalue weighted by atomic mass is 9.91. The maximum atomic E-state index is 12.5. The van der Waals surface area contributed by atoms with Crippen LogP contribution >= 0.6 is 11.8 Å². The molecule has 6 rings (SSSR count). The van der Waals surface area contributed by atoms with Crippen LogP contribution in [0.5, 0.6) is 0 Å². The van der Waals surface area contributed by atoms with Crippen LogP contribution in [-0.2, 0) is 9.53 Å². The zero-order valence-corrected chi connectivity index (χ0v) is 25.4. The van der Waals surface area contributed by atoms with Crippen LogP contribution < -0.4 is 16.4 Å². The second kappa shape index (κ2) is 13.6. The zero-order chi connectivity index (χ0) is 30.6. The number of thioether (sulfide) groups is 1. The smallest absolute Gasteiger partial charge is 0.252 e. The van der Waals surface area contributed by atoms with Gasteiger partial charge in [-0.15, -0.1) is 0 Å². The number of nitrogens with zero attached hydrogens (tertiary/aromatic N) is 4. The predicted molar refractivity (Wildman–Crippen MR) is 169 cm³/mol. The largest absolute Gasteiger partial charge is 0.387 e. The molecule has 4 aromatic rings. The number of ether oxygens (including phenoxy) is 1. The Labute approximate surface area is 260 Å². The van der Waals surface area contributed by atoms with Gasteiger partial charge in [-0.05, 0) is 43.7 Å². The van der Waals surface area contributed by atoms with Crippen molar-refractivity contribution in [2.24, 2.45) is 5.73 Å². The number of hydrogen-bond acceptors (Lipinski definition) is 10. The number of benzene rings is 2. The molecule has 1 amide bonds. The number of nitrogens with one attached hydrogen (secondary N) is 2. The van der Waals surface area contributed by atoms with Crippen molar-refractivity contribution in [3.63, 3.8) is 0 Å². The molecular formula is C32H39N7O4S. The van der Waals surface area contributed by atoms with E-state index >= 15 is 0 Å². The number of carbonyl (C=O) groups excluding carboxylic acids is 1. The Kier molecular flexibility index (Phi) is 9.43. The molecule has 3 heterocycles. The molecule has 232 valence electrons. The number of aliphatic hydroxyl groups excluding tert-OH is 2. The summed E-state index contributed by atoms with van der Waals surface area (Å²) in [6.07, 6.45) is 0.352. The maximum absolute atomic E-state index is 12.5. The topological polar surface area (TPSA) is 160 Å². The fraction of sp³-hybridized carbons (Fsp3) is 0.438. The molecule has 2 aromatic carbocycles. The van der Waals surface area contributed by atoms with Gasteiger partial charge in [-0.1, -0.05) is 72.4 Å². The van der Waals surface area contributed by atoms with Crippen molar-refractivity contribution in [1.29, 1.82) is 0 Å². The highest BCUT2D eigenvalue weighted by Crippen LogP contribution is 2.36. The Balaban J connectivity index is 1.34. The Morgan fingerprint density at radius 2 is 1.68 bits per heavy atom. The molecule has 12 heteroatoms. The van der Waals surface area contributed by atoms with Gasteiger partial charge in [0.25, 0.3) is 5.91 Å². The Hall–Kier alpha value is -3.55. The zero-order valence-electron chi connectivity index (χ0n) is 24.6. The standard InChI is InChI=1S/C32H39N7O4S/c1-2-34-30(42)27-25(40)26(41)31(43-27)39-18-36-24-28(37-32(38-29(24)39)44-22-15-13-21(33)14-16-22)35-17-23(19-9-5-3-6-10-19)20-11-7-4-8-12-20/h3-12,18,21-23,25-27,31,40-41H,2,13-17,33H2,1H3,(H,34,42)(H,35,37,38)/t21?,22?,25-,26+,27-,31+/m0/s1. The average molecular weight is 618 g/mol. The predicted octanol–water partition coefficient (Wildman–Crippen LogP) is 3.19. The first-order valence-corrected chi connectivity index (χ1v) is 16.1. The summed E-state index contributed by atoms with van der Waals surface area (Å²) in [5.41, 5.74) is 9.45. The fourth-order valence-electron chi connectivity index (χ4n) is 5.99. The van der Waals surface area contributed by atoms with E-state index in [1.807, 2.05) is 36.4 Å². The van der Waals surface area contributed by atoms with Crippen molar-refractivity contribution in [2.45, 2.75) is 79.5 Å². The first kappa shape index (κ1) is 30.5. The lowest BCUT2D eigenvalue weighted by molar-refractivity contribution is -0.137. The van der Waals surface area contributed by atoms with Crippen LogP contribution in [-0.4, -0.2) is 78.3 Å². The highest BCUT2D eigenvalue weighted by molar-refractivity contribution is 7.99. The third-order valence-electron chi connectivity index (χ3n) is 8.39. The highest BCUT2D eigenvalue weighted by atomic mass is 32.2. The molecule has 4 atom stereocenters. The molecule has 0 unspecified atom stereocenters. The summed E-state index contributed by atoms with van der Waals surface area (Å²) in [6, 6.07) is 20.9. The third-order valence-corrected chi connectivity index (χ3v) is 9.59. The average Bonchev–Trinajstić information content (AvgIpc) is 3.59. The van der Waals surface area contributed by atoms with E-state index in [-0.39, 0.29) is 12.0 Å². The van der Waals surface area contributed by atoms with Crippen LogP contribution in [0, 0.1) is 0 Å². The highest BCUT2D eigenvalue weighted by Gasteiger charge is 2.47. The van der Waals surface area contributed by atoms with Crippen molar-refractivity contribution in [2.75, 3.05) is 18.4 Å². The molecule has 0 spiro atoms. The number of aromatic nitrogens is 4. The molecule has 44 heavy (non-hydrogen) atoms. The van der Waals surface area contributed by atoms with Gasteiger partial charge in [-0.3, -0.25) is 9.36 Å².